The van der Waals surface area contributed by atoms with Gasteiger partial charge in [-0.05, 0) is 43.3 Å². The second-order valence-electron chi connectivity index (χ2n) is 6.06. The molecular weight excluding hydrogens is 387 g/mol. The average Bonchev–Trinajstić information content (AvgIpc) is 3.15. The van der Waals surface area contributed by atoms with Crippen molar-refractivity contribution in [1.82, 2.24) is 10.1 Å². The Labute approximate surface area is 161 Å². The molecule has 3 rings (SSSR count). The summed E-state index contributed by atoms with van der Waals surface area (Å²) in [6.07, 6.45) is -0.296. The van der Waals surface area contributed by atoms with Gasteiger partial charge in [0.1, 0.15) is 5.82 Å². The van der Waals surface area contributed by atoms with Gasteiger partial charge < -0.3 is 9.26 Å². The molecule has 1 heterocycles. The number of benzene rings is 2. The molecule has 0 fully saturated rings. The van der Waals surface area contributed by atoms with Crippen molar-refractivity contribution >= 4 is 15.8 Å². The number of nitrogens with zero attached hydrogens (tertiary/aromatic N) is 2. The van der Waals surface area contributed by atoms with Crippen LogP contribution in [0.3, 0.4) is 0 Å². The Morgan fingerprint density at radius 2 is 1.79 bits per heavy atom. The SMILES string of the molecule is Cc1ccc(S(=O)(=O)CCC(=O)OCc2nc(-c3ccc(F)cc3)no2)cc1. The Morgan fingerprint density at radius 1 is 1.11 bits per heavy atom. The molecule has 3 aromatic rings. The van der Waals surface area contributed by atoms with E-state index in [4.69, 9.17) is 9.26 Å². The predicted molar refractivity (Wildman–Crippen MR) is 97.3 cm³/mol. The Balaban J connectivity index is 1.52. The van der Waals surface area contributed by atoms with Crippen LogP contribution in [0, 0.1) is 12.7 Å². The molecule has 9 heteroatoms. The van der Waals surface area contributed by atoms with Gasteiger partial charge in [-0.1, -0.05) is 22.9 Å². The molecule has 2 aromatic carbocycles. The Morgan fingerprint density at radius 3 is 2.46 bits per heavy atom. The Hall–Kier alpha value is -3.07. The van der Waals surface area contributed by atoms with Crippen molar-refractivity contribution < 1.29 is 26.9 Å². The molecule has 0 unspecified atom stereocenters. The largest absolute Gasteiger partial charge is 0.456 e. The maximum atomic E-state index is 12.9. The number of aryl methyl sites for hydroxylation is 1. The van der Waals surface area contributed by atoms with E-state index in [2.05, 4.69) is 10.1 Å². The van der Waals surface area contributed by atoms with E-state index in [1.807, 2.05) is 6.92 Å². The van der Waals surface area contributed by atoms with E-state index in [1.54, 1.807) is 12.1 Å². The number of hydrogen-bond donors (Lipinski definition) is 0. The van der Waals surface area contributed by atoms with Gasteiger partial charge in [-0.25, -0.2) is 12.8 Å². The van der Waals surface area contributed by atoms with E-state index < -0.39 is 15.8 Å². The number of rotatable bonds is 7. The highest BCUT2D eigenvalue weighted by Crippen LogP contribution is 2.17. The van der Waals surface area contributed by atoms with E-state index >= 15 is 0 Å². The van der Waals surface area contributed by atoms with Gasteiger partial charge in [-0.15, -0.1) is 0 Å². The number of aromatic nitrogens is 2. The molecule has 146 valence electrons. The summed E-state index contributed by atoms with van der Waals surface area (Å²) < 4.78 is 47.4. The second kappa shape index (κ2) is 8.30. The Bertz CT molecular complexity index is 1060. The lowest BCUT2D eigenvalue weighted by molar-refractivity contribution is -0.145. The third kappa shape index (κ3) is 5.01. The zero-order chi connectivity index (χ0) is 20.1. The van der Waals surface area contributed by atoms with Crippen molar-refractivity contribution in [3.63, 3.8) is 0 Å². The standard InChI is InChI=1S/C19H17FN2O5S/c1-13-2-8-16(9-3-13)28(24,25)11-10-18(23)26-12-17-21-19(22-27-17)14-4-6-15(20)7-5-14/h2-9H,10-12H2,1H3. The molecule has 0 aliphatic rings. The molecule has 0 atom stereocenters. The van der Waals surface area contributed by atoms with Gasteiger partial charge in [0.15, 0.2) is 16.4 Å². The van der Waals surface area contributed by atoms with Crippen LogP contribution in [0.1, 0.15) is 17.9 Å². The van der Waals surface area contributed by atoms with Crippen LogP contribution in [0.2, 0.25) is 0 Å². The first-order valence-electron chi connectivity index (χ1n) is 8.37. The minimum absolute atomic E-state index is 0.0501. The van der Waals surface area contributed by atoms with E-state index in [9.17, 15) is 17.6 Å². The number of carbonyl (C=O) groups excluding carboxylic acids is 1. The van der Waals surface area contributed by atoms with Gasteiger partial charge in [0, 0.05) is 5.56 Å². The summed E-state index contributed by atoms with van der Waals surface area (Å²) in [7, 11) is -3.57. The number of hydrogen-bond acceptors (Lipinski definition) is 7. The van der Waals surface area contributed by atoms with Gasteiger partial charge in [-0.2, -0.15) is 4.98 Å². The summed E-state index contributed by atoms with van der Waals surface area (Å²) in [5.74, 6) is -1.17. The van der Waals surface area contributed by atoms with Crippen molar-refractivity contribution in [2.45, 2.75) is 24.8 Å². The van der Waals surface area contributed by atoms with Gasteiger partial charge in [0.05, 0.1) is 17.1 Å². The molecule has 0 saturated carbocycles. The van der Waals surface area contributed by atoms with Crippen molar-refractivity contribution in [2.24, 2.45) is 0 Å². The zero-order valence-corrected chi connectivity index (χ0v) is 15.8. The highest BCUT2D eigenvalue weighted by Gasteiger charge is 2.18. The van der Waals surface area contributed by atoms with E-state index in [1.165, 1.54) is 36.4 Å². The van der Waals surface area contributed by atoms with Crippen LogP contribution in [0.5, 0.6) is 0 Å². The minimum Gasteiger partial charge on any atom is -0.456 e. The smallest absolute Gasteiger partial charge is 0.307 e. The normalized spacial score (nSPS) is 11.4. The third-order valence-electron chi connectivity index (χ3n) is 3.88. The minimum atomic E-state index is -3.57. The third-order valence-corrected chi connectivity index (χ3v) is 5.61. The summed E-state index contributed by atoms with van der Waals surface area (Å²) >= 11 is 0. The summed E-state index contributed by atoms with van der Waals surface area (Å²) in [6, 6.07) is 11.9. The summed E-state index contributed by atoms with van der Waals surface area (Å²) in [5, 5.41) is 3.73. The van der Waals surface area contributed by atoms with Gasteiger partial charge in [0.25, 0.3) is 5.89 Å². The summed E-state index contributed by atoms with van der Waals surface area (Å²) in [6.45, 7) is 1.57. The van der Waals surface area contributed by atoms with Crippen LogP contribution in [-0.2, 0) is 26.0 Å². The quantitative estimate of drug-likeness (QED) is 0.558. The van der Waals surface area contributed by atoms with Gasteiger partial charge in [0.2, 0.25) is 5.82 Å². The average molecular weight is 404 g/mol. The monoisotopic (exact) mass is 404 g/mol. The van der Waals surface area contributed by atoms with Gasteiger partial charge in [-0.3, -0.25) is 4.79 Å². The molecule has 0 aliphatic carbocycles. The zero-order valence-electron chi connectivity index (χ0n) is 15.0. The molecule has 0 spiro atoms. The summed E-state index contributed by atoms with van der Waals surface area (Å²) in [5.41, 5.74) is 1.49. The molecule has 0 bridgehead atoms. The lowest BCUT2D eigenvalue weighted by Crippen LogP contribution is -2.13. The number of esters is 1. The van der Waals surface area contributed by atoms with Gasteiger partial charge >= 0.3 is 5.97 Å². The van der Waals surface area contributed by atoms with Crippen LogP contribution in [0.4, 0.5) is 4.39 Å². The predicted octanol–water partition coefficient (Wildman–Crippen LogP) is 3.09. The molecule has 0 saturated heterocycles. The molecule has 0 aliphatic heterocycles. The molecule has 1 aromatic heterocycles. The maximum absolute atomic E-state index is 12.9. The molecule has 0 N–H and O–H groups in total. The fourth-order valence-corrected chi connectivity index (χ4v) is 3.55. The van der Waals surface area contributed by atoms with Crippen molar-refractivity contribution in [3.05, 3.63) is 65.8 Å². The second-order valence-corrected chi connectivity index (χ2v) is 8.17. The fraction of sp³-hybridized carbons (Fsp3) is 0.211. The first kappa shape index (κ1) is 19.7. The molecule has 28 heavy (non-hydrogen) atoms. The number of sulfone groups is 1. The number of halogens is 1. The molecule has 7 nitrogen and oxygen atoms in total. The highest BCUT2D eigenvalue weighted by molar-refractivity contribution is 7.91. The first-order valence-corrected chi connectivity index (χ1v) is 10.0. The van der Waals surface area contributed by atoms with Crippen LogP contribution < -0.4 is 0 Å². The van der Waals surface area contributed by atoms with Crippen molar-refractivity contribution in [3.8, 4) is 11.4 Å². The van der Waals surface area contributed by atoms with Crippen molar-refractivity contribution in [1.29, 1.82) is 0 Å². The first-order chi connectivity index (χ1) is 13.3. The summed E-state index contributed by atoms with van der Waals surface area (Å²) in [4.78, 5) is 16.1. The van der Waals surface area contributed by atoms with Crippen LogP contribution in [-0.4, -0.2) is 30.3 Å². The molecular formula is C19H17FN2O5S. The Kier molecular flexibility index (Phi) is 5.84. The van der Waals surface area contributed by atoms with Crippen LogP contribution >= 0.6 is 0 Å². The maximum Gasteiger partial charge on any atom is 0.307 e. The van der Waals surface area contributed by atoms with E-state index in [0.717, 1.165) is 5.56 Å². The van der Waals surface area contributed by atoms with E-state index in [-0.39, 0.29) is 41.2 Å². The van der Waals surface area contributed by atoms with E-state index in [0.29, 0.717) is 5.56 Å². The fourth-order valence-electron chi connectivity index (χ4n) is 2.33. The number of ether oxygens (including phenoxy) is 1. The lowest BCUT2D eigenvalue weighted by atomic mass is 10.2. The van der Waals surface area contributed by atoms with Crippen LogP contribution in [0.15, 0.2) is 57.9 Å². The molecule has 0 amide bonds. The lowest BCUT2D eigenvalue weighted by Gasteiger charge is -2.05. The highest BCUT2D eigenvalue weighted by atomic mass is 32.2. The van der Waals surface area contributed by atoms with Crippen LogP contribution in [0.25, 0.3) is 11.4 Å². The molecule has 0 radical (unpaired) electrons. The van der Waals surface area contributed by atoms with Crippen molar-refractivity contribution in [2.75, 3.05) is 5.75 Å². The number of carbonyl (C=O) groups is 1. The topological polar surface area (TPSA) is 99.4 Å².